The van der Waals surface area contributed by atoms with E-state index in [1.54, 1.807) is 0 Å². The second-order valence-corrected chi connectivity index (χ2v) is 4.21. The first-order valence-electron chi connectivity index (χ1n) is 4.36. The molecule has 0 spiro atoms. The molecule has 13 heavy (non-hydrogen) atoms. The van der Waals surface area contributed by atoms with Gasteiger partial charge in [0.1, 0.15) is 17.4 Å². The third kappa shape index (κ3) is 3.14. The number of carbonyl (C=O) groups is 2. The van der Waals surface area contributed by atoms with Crippen LogP contribution in [0.4, 0.5) is 0 Å². The number of hydrogen-bond donors (Lipinski definition) is 1. The van der Waals surface area contributed by atoms with E-state index in [9.17, 15) is 9.59 Å². The molecule has 0 aliphatic carbocycles. The maximum atomic E-state index is 11.4. The van der Waals surface area contributed by atoms with Gasteiger partial charge < -0.3 is 4.74 Å². The maximum Gasteiger partial charge on any atom is 0.324 e. The average Bonchev–Trinajstić information content (AvgIpc) is 2.31. The predicted molar refractivity (Wildman–Crippen MR) is 47.3 cm³/mol. The highest BCUT2D eigenvalue weighted by molar-refractivity contribution is 5.91. The van der Waals surface area contributed by atoms with E-state index in [-0.39, 0.29) is 24.7 Å². The molecule has 1 rings (SSSR count). The van der Waals surface area contributed by atoms with Crippen LogP contribution < -0.4 is 5.32 Å². The molecule has 0 aromatic rings. The molecular formula is C9H15NO3. The normalized spacial score (nSPS) is 23.3. The highest BCUT2D eigenvalue weighted by atomic mass is 16.6. The lowest BCUT2D eigenvalue weighted by Crippen LogP contribution is -2.37. The fraction of sp³-hybridized carbons (Fsp3) is 0.778. The Morgan fingerprint density at radius 3 is 2.54 bits per heavy atom. The maximum absolute atomic E-state index is 11.4. The molecule has 1 aliphatic rings. The second kappa shape index (κ2) is 3.46. The van der Waals surface area contributed by atoms with E-state index in [0.29, 0.717) is 0 Å². The Balaban J connectivity index is 2.45. The highest BCUT2D eigenvalue weighted by Crippen LogP contribution is 2.11. The third-order valence-electron chi connectivity index (χ3n) is 1.67. The van der Waals surface area contributed by atoms with Crippen LogP contribution in [0.3, 0.4) is 0 Å². The minimum absolute atomic E-state index is 0.0656. The molecule has 4 heteroatoms. The SMILES string of the molecule is CC(C)(C)OC(=O)[C@H]1CC(=O)CN1. The van der Waals surface area contributed by atoms with Gasteiger partial charge in [0, 0.05) is 6.42 Å². The number of esters is 1. The molecule has 0 amide bonds. The molecule has 1 N–H and O–H groups in total. The number of rotatable bonds is 1. The number of carbonyl (C=O) groups excluding carboxylic acids is 2. The van der Waals surface area contributed by atoms with Gasteiger partial charge in [-0.1, -0.05) is 0 Å². The third-order valence-corrected chi connectivity index (χ3v) is 1.67. The Morgan fingerprint density at radius 1 is 1.54 bits per heavy atom. The van der Waals surface area contributed by atoms with Crippen molar-refractivity contribution in [3.05, 3.63) is 0 Å². The van der Waals surface area contributed by atoms with Gasteiger partial charge in [-0.25, -0.2) is 0 Å². The highest BCUT2D eigenvalue weighted by Gasteiger charge is 2.31. The van der Waals surface area contributed by atoms with Crippen molar-refractivity contribution in [2.24, 2.45) is 0 Å². The molecule has 1 saturated heterocycles. The van der Waals surface area contributed by atoms with E-state index in [4.69, 9.17) is 4.74 Å². The van der Waals surface area contributed by atoms with Gasteiger partial charge in [0.25, 0.3) is 0 Å². The molecule has 0 unspecified atom stereocenters. The van der Waals surface area contributed by atoms with E-state index in [2.05, 4.69) is 5.32 Å². The zero-order valence-electron chi connectivity index (χ0n) is 8.22. The van der Waals surface area contributed by atoms with Gasteiger partial charge in [0.2, 0.25) is 0 Å². The first-order valence-corrected chi connectivity index (χ1v) is 4.36. The van der Waals surface area contributed by atoms with Crippen LogP contribution in [0.25, 0.3) is 0 Å². The number of ether oxygens (including phenoxy) is 1. The standard InChI is InChI=1S/C9H15NO3/c1-9(2,3)13-8(12)7-4-6(11)5-10-7/h7,10H,4-5H2,1-3H3/t7-/m1/s1. The molecule has 0 saturated carbocycles. The zero-order chi connectivity index (χ0) is 10.1. The zero-order valence-corrected chi connectivity index (χ0v) is 8.22. The van der Waals surface area contributed by atoms with Crippen LogP contribution in [-0.2, 0) is 14.3 Å². The van der Waals surface area contributed by atoms with E-state index >= 15 is 0 Å². The van der Waals surface area contributed by atoms with Gasteiger partial charge in [0.15, 0.2) is 0 Å². The van der Waals surface area contributed by atoms with Crippen molar-refractivity contribution < 1.29 is 14.3 Å². The van der Waals surface area contributed by atoms with E-state index < -0.39 is 11.6 Å². The lowest BCUT2D eigenvalue weighted by Gasteiger charge is -2.21. The summed E-state index contributed by atoms with van der Waals surface area (Å²) in [7, 11) is 0. The monoisotopic (exact) mass is 185 g/mol. The first kappa shape index (κ1) is 10.2. The van der Waals surface area contributed by atoms with Gasteiger partial charge in [0.05, 0.1) is 6.54 Å². The van der Waals surface area contributed by atoms with Crippen LogP contribution in [0.5, 0.6) is 0 Å². The Morgan fingerprint density at radius 2 is 2.15 bits per heavy atom. The molecule has 0 radical (unpaired) electrons. The minimum atomic E-state index is -0.482. The molecule has 1 fully saturated rings. The fourth-order valence-electron chi connectivity index (χ4n) is 1.15. The molecule has 1 heterocycles. The summed E-state index contributed by atoms with van der Waals surface area (Å²) in [6, 6.07) is -0.438. The van der Waals surface area contributed by atoms with Crippen LogP contribution in [-0.4, -0.2) is 29.9 Å². The number of hydrogen-bond acceptors (Lipinski definition) is 4. The number of ketones is 1. The summed E-state index contributed by atoms with van der Waals surface area (Å²) in [5, 5.41) is 2.80. The topological polar surface area (TPSA) is 55.4 Å². The van der Waals surface area contributed by atoms with Crippen molar-refractivity contribution in [3.8, 4) is 0 Å². The van der Waals surface area contributed by atoms with Crippen molar-refractivity contribution in [3.63, 3.8) is 0 Å². The second-order valence-electron chi connectivity index (χ2n) is 4.21. The molecule has 74 valence electrons. The largest absolute Gasteiger partial charge is 0.459 e. The van der Waals surface area contributed by atoms with Gasteiger partial charge in [-0.05, 0) is 20.8 Å². The Hall–Kier alpha value is -0.900. The summed E-state index contributed by atoms with van der Waals surface area (Å²) >= 11 is 0. The Labute approximate surface area is 77.6 Å². The van der Waals surface area contributed by atoms with Gasteiger partial charge >= 0.3 is 5.97 Å². The number of Topliss-reactive ketones (excluding diaryl/α,β-unsaturated/α-hetero) is 1. The first-order chi connectivity index (χ1) is 5.88. The van der Waals surface area contributed by atoms with E-state index in [1.165, 1.54) is 0 Å². The fourth-order valence-corrected chi connectivity index (χ4v) is 1.15. The molecule has 1 aliphatic heterocycles. The Kier molecular flexibility index (Phi) is 2.71. The molecule has 0 aromatic carbocycles. The summed E-state index contributed by atoms with van der Waals surface area (Å²) in [6.07, 6.45) is 0.259. The smallest absolute Gasteiger partial charge is 0.324 e. The Bertz CT molecular complexity index is 230. The van der Waals surface area contributed by atoms with E-state index in [0.717, 1.165) is 0 Å². The number of nitrogens with one attached hydrogen (secondary N) is 1. The summed E-state index contributed by atoms with van der Waals surface area (Å²) < 4.78 is 5.12. The molecule has 1 atom stereocenters. The van der Waals surface area contributed by atoms with Crippen molar-refractivity contribution in [1.29, 1.82) is 0 Å². The van der Waals surface area contributed by atoms with Crippen LogP contribution in [0, 0.1) is 0 Å². The van der Waals surface area contributed by atoms with Crippen LogP contribution in [0.15, 0.2) is 0 Å². The molecular weight excluding hydrogens is 170 g/mol. The van der Waals surface area contributed by atoms with Gasteiger partial charge in [-0.2, -0.15) is 0 Å². The minimum Gasteiger partial charge on any atom is -0.459 e. The van der Waals surface area contributed by atoms with Crippen molar-refractivity contribution in [2.75, 3.05) is 6.54 Å². The van der Waals surface area contributed by atoms with Crippen LogP contribution >= 0.6 is 0 Å². The molecule has 0 aromatic heterocycles. The van der Waals surface area contributed by atoms with Crippen molar-refractivity contribution in [1.82, 2.24) is 5.32 Å². The molecule has 4 nitrogen and oxygen atoms in total. The summed E-state index contributed by atoms with van der Waals surface area (Å²) in [5.41, 5.74) is -0.482. The summed E-state index contributed by atoms with van der Waals surface area (Å²) in [6.45, 7) is 5.70. The van der Waals surface area contributed by atoms with Crippen LogP contribution in [0.1, 0.15) is 27.2 Å². The average molecular weight is 185 g/mol. The van der Waals surface area contributed by atoms with Crippen LogP contribution in [0.2, 0.25) is 0 Å². The predicted octanol–water partition coefficient (Wildman–Crippen LogP) is 0.259. The lowest BCUT2D eigenvalue weighted by molar-refractivity contribution is -0.157. The lowest BCUT2D eigenvalue weighted by atomic mass is 10.1. The van der Waals surface area contributed by atoms with Crippen molar-refractivity contribution in [2.45, 2.75) is 38.8 Å². The van der Waals surface area contributed by atoms with Crippen molar-refractivity contribution >= 4 is 11.8 Å². The van der Waals surface area contributed by atoms with E-state index in [1.807, 2.05) is 20.8 Å². The van der Waals surface area contributed by atoms with Gasteiger partial charge in [-0.15, -0.1) is 0 Å². The van der Waals surface area contributed by atoms with Gasteiger partial charge in [-0.3, -0.25) is 14.9 Å². The summed E-state index contributed by atoms with van der Waals surface area (Å²) in [5.74, 6) is -0.269. The quantitative estimate of drug-likeness (QED) is 0.595. The summed E-state index contributed by atoms with van der Waals surface area (Å²) in [4.78, 5) is 22.2. The molecule has 0 bridgehead atoms.